The predicted octanol–water partition coefficient (Wildman–Crippen LogP) is 4.98. The van der Waals surface area contributed by atoms with Gasteiger partial charge in [-0.2, -0.15) is 5.10 Å². The van der Waals surface area contributed by atoms with E-state index in [1.807, 2.05) is 37.3 Å². The summed E-state index contributed by atoms with van der Waals surface area (Å²) in [7, 11) is 1.70. The molecule has 184 valence electrons. The Morgan fingerprint density at radius 1 is 1.08 bits per heavy atom. The molecule has 7 nitrogen and oxygen atoms in total. The van der Waals surface area contributed by atoms with E-state index in [4.69, 9.17) is 11.6 Å². The first kappa shape index (κ1) is 24.0. The fourth-order valence-electron chi connectivity index (χ4n) is 4.57. The number of Topliss-reactive ketones (excluding diaryl/α,β-unsaturated/α-hetero) is 1. The van der Waals surface area contributed by atoms with E-state index in [-0.39, 0.29) is 29.8 Å². The molecule has 2 heterocycles. The third-order valence-electron chi connectivity index (χ3n) is 6.43. The van der Waals surface area contributed by atoms with E-state index < -0.39 is 0 Å². The van der Waals surface area contributed by atoms with E-state index in [1.54, 1.807) is 31.3 Å². The third-order valence-corrected chi connectivity index (χ3v) is 6.67. The van der Waals surface area contributed by atoms with Crippen molar-refractivity contribution in [3.63, 3.8) is 0 Å². The van der Waals surface area contributed by atoms with Crippen LogP contribution in [0, 0.1) is 0 Å². The minimum absolute atomic E-state index is 0.0621. The molecule has 0 unspecified atom stereocenters. The first-order valence-electron chi connectivity index (χ1n) is 12.2. The zero-order valence-corrected chi connectivity index (χ0v) is 21.0. The average molecular weight is 503 g/mol. The molecule has 8 heteroatoms. The highest BCUT2D eigenvalue weighted by Crippen LogP contribution is 2.33. The van der Waals surface area contributed by atoms with E-state index in [2.05, 4.69) is 10.4 Å². The molecular weight excluding hydrogens is 476 g/mol. The summed E-state index contributed by atoms with van der Waals surface area (Å²) in [6, 6.07) is 16.6. The second-order valence-electron chi connectivity index (χ2n) is 9.24. The normalized spacial score (nSPS) is 13.2. The maximum atomic E-state index is 13.8. The Morgan fingerprint density at radius 2 is 1.83 bits per heavy atom. The number of carbonyl (C=O) groups is 2. The standard InChI is InChI=1S/C28H27ClN4O3/c1-3-7-24(34)26-25(17-8-5-4-6-9-17)22-14-18(29)10-13-21(22)28(36)33(26)16-20-15-23(32(2)31-20)27(35)30-19-11-12-19/h4-6,8-10,13-15,19H,3,7,11-12,16H2,1-2H3,(H,30,35). The topological polar surface area (TPSA) is 86.0 Å². The van der Waals surface area contributed by atoms with Crippen LogP contribution in [-0.2, 0) is 13.6 Å². The average Bonchev–Trinajstić information content (AvgIpc) is 3.60. The zero-order valence-electron chi connectivity index (χ0n) is 20.3. The van der Waals surface area contributed by atoms with Gasteiger partial charge in [0, 0.05) is 35.5 Å². The molecule has 0 saturated heterocycles. The maximum absolute atomic E-state index is 13.8. The smallest absolute Gasteiger partial charge is 0.269 e. The maximum Gasteiger partial charge on any atom is 0.269 e. The Labute approximate surface area is 213 Å². The molecule has 0 aliphatic heterocycles. The summed E-state index contributed by atoms with van der Waals surface area (Å²) in [6.45, 7) is 2.00. The second kappa shape index (κ2) is 9.74. The van der Waals surface area contributed by atoms with Gasteiger partial charge in [-0.1, -0.05) is 48.9 Å². The van der Waals surface area contributed by atoms with Crippen molar-refractivity contribution < 1.29 is 9.59 Å². The molecule has 36 heavy (non-hydrogen) atoms. The summed E-state index contributed by atoms with van der Waals surface area (Å²) in [4.78, 5) is 40.0. The van der Waals surface area contributed by atoms with Crippen LogP contribution in [0.4, 0.5) is 0 Å². The van der Waals surface area contributed by atoms with Crippen molar-refractivity contribution in [1.29, 1.82) is 0 Å². The fraction of sp³-hybridized carbons (Fsp3) is 0.286. The van der Waals surface area contributed by atoms with Gasteiger partial charge in [0.1, 0.15) is 5.69 Å². The SMILES string of the molecule is CCCC(=O)c1c(-c2ccccc2)c2cc(Cl)ccc2c(=O)n1Cc1cc(C(=O)NC2CC2)n(C)n1. The number of nitrogens with zero attached hydrogens (tertiary/aromatic N) is 3. The summed E-state index contributed by atoms with van der Waals surface area (Å²) in [5.74, 6) is -0.315. The first-order valence-corrected chi connectivity index (χ1v) is 12.5. The van der Waals surface area contributed by atoms with Crippen LogP contribution in [0.5, 0.6) is 0 Å². The number of carbonyl (C=O) groups excluding carboxylic acids is 2. The van der Waals surface area contributed by atoms with Crippen LogP contribution in [0.1, 0.15) is 59.3 Å². The first-order chi connectivity index (χ1) is 17.4. The van der Waals surface area contributed by atoms with Gasteiger partial charge < -0.3 is 5.32 Å². The lowest BCUT2D eigenvalue weighted by Gasteiger charge is -2.19. The second-order valence-corrected chi connectivity index (χ2v) is 9.67. The zero-order chi connectivity index (χ0) is 25.4. The van der Waals surface area contributed by atoms with Gasteiger partial charge >= 0.3 is 0 Å². The number of rotatable bonds is 8. The molecule has 1 N–H and O–H groups in total. The molecule has 1 aliphatic rings. The van der Waals surface area contributed by atoms with Crippen molar-refractivity contribution in [2.75, 3.05) is 0 Å². The molecule has 0 atom stereocenters. The molecular formula is C28H27ClN4O3. The number of ketones is 1. The van der Waals surface area contributed by atoms with Gasteiger partial charge in [-0.3, -0.25) is 23.6 Å². The number of amides is 1. The van der Waals surface area contributed by atoms with E-state index in [9.17, 15) is 14.4 Å². The Hall–Kier alpha value is -3.71. The van der Waals surface area contributed by atoms with Gasteiger partial charge in [-0.15, -0.1) is 0 Å². The summed E-state index contributed by atoms with van der Waals surface area (Å²) in [6.07, 6.45) is 2.91. The van der Waals surface area contributed by atoms with E-state index >= 15 is 0 Å². The molecule has 2 aromatic heterocycles. The molecule has 1 aliphatic carbocycles. The van der Waals surface area contributed by atoms with Crippen molar-refractivity contribution in [2.45, 2.75) is 45.2 Å². The van der Waals surface area contributed by atoms with Gasteiger partial charge in [-0.05, 0) is 54.5 Å². The third kappa shape index (κ3) is 4.58. The van der Waals surface area contributed by atoms with Crippen LogP contribution >= 0.6 is 11.6 Å². The Bertz CT molecular complexity index is 1530. The van der Waals surface area contributed by atoms with Crippen molar-refractivity contribution in [3.05, 3.63) is 87.1 Å². The molecule has 1 saturated carbocycles. The number of hydrogen-bond acceptors (Lipinski definition) is 4. The van der Waals surface area contributed by atoms with Crippen LogP contribution in [0.15, 0.2) is 59.4 Å². The van der Waals surface area contributed by atoms with E-state index in [0.717, 1.165) is 18.4 Å². The monoisotopic (exact) mass is 502 g/mol. The van der Waals surface area contributed by atoms with Gasteiger partial charge in [0.05, 0.1) is 17.9 Å². The number of benzene rings is 2. The van der Waals surface area contributed by atoms with Crippen molar-refractivity contribution in [2.24, 2.45) is 7.05 Å². The number of halogens is 1. The molecule has 1 amide bonds. The van der Waals surface area contributed by atoms with E-state index in [0.29, 0.717) is 51.3 Å². The highest BCUT2D eigenvalue weighted by atomic mass is 35.5. The summed E-state index contributed by atoms with van der Waals surface area (Å²) in [5, 5.41) is 9.07. The molecule has 2 aromatic carbocycles. The minimum Gasteiger partial charge on any atom is -0.348 e. The molecule has 1 fully saturated rings. The number of fused-ring (bicyclic) bond motifs is 1. The Morgan fingerprint density at radius 3 is 2.53 bits per heavy atom. The van der Waals surface area contributed by atoms with Gasteiger partial charge in [0.2, 0.25) is 0 Å². The predicted molar refractivity (Wildman–Crippen MR) is 141 cm³/mol. The van der Waals surface area contributed by atoms with Crippen molar-refractivity contribution in [3.8, 4) is 11.1 Å². The van der Waals surface area contributed by atoms with Crippen LogP contribution in [-0.4, -0.2) is 32.1 Å². The van der Waals surface area contributed by atoms with Gasteiger partial charge in [0.15, 0.2) is 5.78 Å². The Kier molecular flexibility index (Phi) is 6.49. The number of nitrogens with one attached hydrogen (secondary N) is 1. The van der Waals surface area contributed by atoms with Crippen LogP contribution < -0.4 is 10.9 Å². The lowest BCUT2D eigenvalue weighted by molar-refractivity contribution is 0.0939. The van der Waals surface area contributed by atoms with Crippen molar-refractivity contribution >= 4 is 34.1 Å². The number of aryl methyl sites for hydroxylation is 1. The summed E-state index contributed by atoms with van der Waals surface area (Å²) >= 11 is 6.34. The highest BCUT2D eigenvalue weighted by Gasteiger charge is 2.27. The van der Waals surface area contributed by atoms with E-state index in [1.165, 1.54) is 9.25 Å². The number of pyridine rings is 1. The van der Waals surface area contributed by atoms with Crippen LogP contribution in [0.2, 0.25) is 5.02 Å². The number of hydrogen-bond donors (Lipinski definition) is 1. The molecule has 4 aromatic rings. The van der Waals surface area contributed by atoms with Crippen LogP contribution in [0.25, 0.3) is 21.9 Å². The quantitative estimate of drug-likeness (QED) is 0.344. The Balaban J connectivity index is 1.72. The largest absolute Gasteiger partial charge is 0.348 e. The molecule has 0 bridgehead atoms. The van der Waals surface area contributed by atoms with Crippen LogP contribution in [0.3, 0.4) is 0 Å². The summed E-state index contributed by atoms with van der Waals surface area (Å²) < 4.78 is 3.02. The molecule has 5 rings (SSSR count). The summed E-state index contributed by atoms with van der Waals surface area (Å²) in [5.41, 5.74) is 2.48. The van der Waals surface area contributed by atoms with Gasteiger partial charge in [0.25, 0.3) is 11.5 Å². The molecule has 0 spiro atoms. The van der Waals surface area contributed by atoms with Gasteiger partial charge in [-0.25, -0.2) is 0 Å². The molecule has 0 radical (unpaired) electrons. The minimum atomic E-state index is -0.296. The van der Waals surface area contributed by atoms with Crippen molar-refractivity contribution in [1.82, 2.24) is 19.7 Å². The lowest BCUT2D eigenvalue weighted by Crippen LogP contribution is -2.28. The number of aromatic nitrogens is 3. The lowest BCUT2D eigenvalue weighted by atomic mass is 9.94. The fourth-order valence-corrected chi connectivity index (χ4v) is 4.74. The highest BCUT2D eigenvalue weighted by molar-refractivity contribution is 6.31.